The average Bonchev–Trinajstić information content (AvgIpc) is 2.74. The van der Waals surface area contributed by atoms with E-state index >= 15 is 0 Å². The highest BCUT2D eigenvalue weighted by Crippen LogP contribution is 2.58. The van der Waals surface area contributed by atoms with E-state index < -0.39 is 6.09 Å². The third-order valence-electron chi connectivity index (χ3n) is 6.61. The number of hydrogen-bond acceptors (Lipinski definition) is 2. The zero-order valence-corrected chi connectivity index (χ0v) is 14.2. The van der Waals surface area contributed by atoms with Crippen molar-refractivity contribution in [2.75, 3.05) is 6.61 Å². The van der Waals surface area contributed by atoms with Gasteiger partial charge in [0.1, 0.15) is 0 Å². The number of amides is 1. The lowest BCUT2D eigenvalue weighted by atomic mass is 9.65. The Balaban J connectivity index is 2.22. The van der Waals surface area contributed by atoms with E-state index in [1.165, 1.54) is 32.1 Å². The lowest BCUT2D eigenvalue weighted by Gasteiger charge is -2.40. The van der Waals surface area contributed by atoms with Gasteiger partial charge in [-0.1, -0.05) is 53.4 Å². The van der Waals surface area contributed by atoms with Gasteiger partial charge in [-0.15, -0.1) is 0 Å². The first-order valence-electron chi connectivity index (χ1n) is 8.93. The van der Waals surface area contributed by atoms with Gasteiger partial charge in [-0.25, -0.2) is 4.79 Å². The van der Waals surface area contributed by atoms with Gasteiger partial charge in [0.25, 0.3) is 0 Å². The van der Waals surface area contributed by atoms with Crippen LogP contribution in [0.4, 0.5) is 4.79 Å². The molecule has 7 atom stereocenters. The summed E-state index contributed by atoms with van der Waals surface area (Å²) in [7, 11) is 0. The SMILES string of the molecule is CCCC1C(COC(N)=O)C2CCC(C)C(C)C2C1CC. The van der Waals surface area contributed by atoms with Crippen molar-refractivity contribution in [3.63, 3.8) is 0 Å². The van der Waals surface area contributed by atoms with Crippen molar-refractivity contribution in [3.8, 4) is 0 Å². The molecule has 122 valence electrons. The average molecular weight is 295 g/mol. The van der Waals surface area contributed by atoms with Crippen LogP contribution < -0.4 is 5.73 Å². The maximum absolute atomic E-state index is 11.0. The molecule has 0 radical (unpaired) electrons. The Morgan fingerprint density at radius 2 is 1.86 bits per heavy atom. The summed E-state index contributed by atoms with van der Waals surface area (Å²) in [5.41, 5.74) is 5.21. The molecule has 2 aliphatic rings. The van der Waals surface area contributed by atoms with Gasteiger partial charge in [0.15, 0.2) is 0 Å². The van der Waals surface area contributed by atoms with Crippen LogP contribution in [0, 0.1) is 41.4 Å². The number of carbonyl (C=O) groups excluding carboxylic acids is 1. The monoisotopic (exact) mass is 295 g/mol. The second kappa shape index (κ2) is 7.02. The Morgan fingerprint density at radius 3 is 2.43 bits per heavy atom. The van der Waals surface area contributed by atoms with Crippen molar-refractivity contribution >= 4 is 6.09 Å². The topological polar surface area (TPSA) is 52.3 Å². The van der Waals surface area contributed by atoms with Gasteiger partial charge in [0, 0.05) is 0 Å². The maximum Gasteiger partial charge on any atom is 0.404 e. The molecule has 0 bridgehead atoms. The first-order valence-corrected chi connectivity index (χ1v) is 8.93. The fourth-order valence-corrected chi connectivity index (χ4v) is 5.57. The van der Waals surface area contributed by atoms with Crippen LogP contribution in [0.15, 0.2) is 0 Å². The van der Waals surface area contributed by atoms with Gasteiger partial charge < -0.3 is 10.5 Å². The Morgan fingerprint density at radius 1 is 1.14 bits per heavy atom. The predicted molar refractivity (Wildman–Crippen MR) is 85.7 cm³/mol. The molecule has 0 aromatic carbocycles. The Hall–Kier alpha value is -0.730. The molecular formula is C18H33NO2. The highest BCUT2D eigenvalue weighted by atomic mass is 16.5. The Bertz CT molecular complexity index is 355. The van der Waals surface area contributed by atoms with E-state index in [9.17, 15) is 4.79 Å². The van der Waals surface area contributed by atoms with Crippen LogP contribution in [-0.4, -0.2) is 12.7 Å². The first-order chi connectivity index (χ1) is 10.0. The molecular weight excluding hydrogens is 262 g/mol. The van der Waals surface area contributed by atoms with Gasteiger partial charge >= 0.3 is 6.09 Å². The van der Waals surface area contributed by atoms with E-state index in [0.29, 0.717) is 18.4 Å². The summed E-state index contributed by atoms with van der Waals surface area (Å²) in [5.74, 6) is 5.22. The van der Waals surface area contributed by atoms with E-state index in [2.05, 4.69) is 27.7 Å². The Labute approximate surface area is 130 Å². The van der Waals surface area contributed by atoms with Gasteiger partial charge in [0.2, 0.25) is 0 Å². The lowest BCUT2D eigenvalue weighted by molar-refractivity contribution is 0.0661. The fraction of sp³-hybridized carbons (Fsp3) is 0.944. The predicted octanol–water partition coefficient (Wildman–Crippen LogP) is 4.45. The standard InChI is InChI=1S/C18H33NO2/c1-5-7-14-13(6-2)17-12(4)11(3)8-9-15(17)16(14)10-21-18(19)20/h11-17H,5-10H2,1-4H3,(H2,19,20). The highest BCUT2D eigenvalue weighted by Gasteiger charge is 2.53. The van der Waals surface area contributed by atoms with E-state index in [1.807, 2.05) is 0 Å². The summed E-state index contributed by atoms with van der Waals surface area (Å²) >= 11 is 0. The minimum Gasteiger partial charge on any atom is -0.449 e. The molecule has 0 aromatic heterocycles. The molecule has 0 saturated heterocycles. The third kappa shape index (κ3) is 3.22. The number of hydrogen-bond donors (Lipinski definition) is 1. The molecule has 0 heterocycles. The molecule has 3 heteroatoms. The molecule has 0 aromatic rings. The molecule has 7 unspecified atom stereocenters. The van der Waals surface area contributed by atoms with Crippen molar-refractivity contribution < 1.29 is 9.53 Å². The zero-order valence-electron chi connectivity index (χ0n) is 14.2. The molecule has 0 spiro atoms. The second-order valence-electron chi connectivity index (χ2n) is 7.47. The van der Waals surface area contributed by atoms with Crippen LogP contribution in [0.3, 0.4) is 0 Å². The number of fused-ring (bicyclic) bond motifs is 1. The van der Waals surface area contributed by atoms with Crippen molar-refractivity contribution in [1.82, 2.24) is 0 Å². The number of carbonyl (C=O) groups is 1. The van der Waals surface area contributed by atoms with Crippen molar-refractivity contribution in [1.29, 1.82) is 0 Å². The van der Waals surface area contributed by atoms with Crippen LogP contribution in [-0.2, 0) is 4.74 Å². The van der Waals surface area contributed by atoms with E-state index in [0.717, 1.165) is 29.6 Å². The maximum atomic E-state index is 11.0. The van der Waals surface area contributed by atoms with Crippen molar-refractivity contribution in [2.45, 2.75) is 59.8 Å². The number of nitrogens with two attached hydrogens (primary N) is 1. The van der Waals surface area contributed by atoms with Crippen LogP contribution in [0.2, 0.25) is 0 Å². The molecule has 2 saturated carbocycles. The van der Waals surface area contributed by atoms with Crippen LogP contribution in [0.1, 0.15) is 59.8 Å². The van der Waals surface area contributed by atoms with Crippen molar-refractivity contribution in [2.24, 2.45) is 47.2 Å². The minimum atomic E-state index is -0.612. The van der Waals surface area contributed by atoms with Crippen LogP contribution in [0.25, 0.3) is 0 Å². The van der Waals surface area contributed by atoms with E-state index in [4.69, 9.17) is 10.5 Å². The highest BCUT2D eigenvalue weighted by molar-refractivity contribution is 5.64. The lowest BCUT2D eigenvalue weighted by Crippen LogP contribution is -2.34. The zero-order chi connectivity index (χ0) is 15.6. The van der Waals surface area contributed by atoms with Crippen LogP contribution >= 0.6 is 0 Å². The molecule has 2 fully saturated rings. The number of ether oxygens (including phenoxy) is 1. The summed E-state index contributed by atoms with van der Waals surface area (Å²) in [6.07, 6.45) is 5.76. The Kier molecular flexibility index (Phi) is 5.56. The molecule has 2 rings (SSSR count). The summed E-state index contributed by atoms with van der Waals surface area (Å²) in [6, 6.07) is 0. The summed E-state index contributed by atoms with van der Waals surface area (Å²) in [4.78, 5) is 11.0. The smallest absolute Gasteiger partial charge is 0.404 e. The number of primary amides is 1. The normalized spacial score (nSPS) is 42.6. The molecule has 2 aliphatic carbocycles. The fourth-order valence-electron chi connectivity index (χ4n) is 5.57. The van der Waals surface area contributed by atoms with Gasteiger partial charge in [-0.05, 0) is 47.8 Å². The van der Waals surface area contributed by atoms with Gasteiger partial charge in [-0.2, -0.15) is 0 Å². The molecule has 0 aliphatic heterocycles. The summed E-state index contributed by atoms with van der Waals surface area (Å²) < 4.78 is 5.25. The molecule has 2 N–H and O–H groups in total. The minimum absolute atomic E-state index is 0.530. The van der Waals surface area contributed by atoms with Crippen LogP contribution in [0.5, 0.6) is 0 Å². The van der Waals surface area contributed by atoms with Gasteiger partial charge in [0.05, 0.1) is 6.61 Å². The summed E-state index contributed by atoms with van der Waals surface area (Å²) in [5, 5.41) is 0. The van der Waals surface area contributed by atoms with Crippen molar-refractivity contribution in [3.05, 3.63) is 0 Å². The second-order valence-corrected chi connectivity index (χ2v) is 7.47. The third-order valence-corrected chi connectivity index (χ3v) is 6.61. The number of rotatable bonds is 5. The first kappa shape index (κ1) is 16.6. The molecule has 21 heavy (non-hydrogen) atoms. The quantitative estimate of drug-likeness (QED) is 0.814. The van der Waals surface area contributed by atoms with E-state index in [-0.39, 0.29) is 0 Å². The molecule has 1 amide bonds. The van der Waals surface area contributed by atoms with E-state index in [1.54, 1.807) is 0 Å². The molecule has 3 nitrogen and oxygen atoms in total. The largest absolute Gasteiger partial charge is 0.449 e. The van der Waals surface area contributed by atoms with Gasteiger partial charge in [-0.3, -0.25) is 0 Å². The summed E-state index contributed by atoms with van der Waals surface area (Å²) in [6.45, 7) is 10.0.